The molecule has 1 aromatic heterocycles. The lowest BCUT2D eigenvalue weighted by Crippen LogP contribution is -2.11. The van der Waals surface area contributed by atoms with Crippen LogP contribution in [0.5, 0.6) is 0 Å². The Morgan fingerprint density at radius 1 is 1.59 bits per heavy atom. The first kappa shape index (κ1) is 12.9. The molecular weight excluding hydrogens is 352 g/mol. The molecule has 0 bridgehead atoms. The van der Waals surface area contributed by atoms with Gasteiger partial charge in [-0.1, -0.05) is 6.92 Å². The van der Waals surface area contributed by atoms with Gasteiger partial charge in [0.1, 0.15) is 5.82 Å². The van der Waals surface area contributed by atoms with Crippen LogP contribution in [-0.2, 0) is 6.54 Å². The molecule has 1 unspecified atom stereocenters. The quantitative estimate of drug-likeness (QED) is 0.851. The zero-order valence-electron chi connectivity index (χ0n) is 9.58. The second-order valence-corrected chi connectivity index (χ2v) is 6.32. The van der Waals surface area contributed by atoms with E-state index in [4.69, 9.17) is 5.73 Å². The number of nitrogens with zero attached hydrogens (tertiary/aromatic N) is 2. The summed E-state index contributed by atoms with van der Waals surface area (Å²) < 4.78 is 16.0. The average Bonchev–Trinajstić information content (AvgIpc) is 2.56. The summed E-state index contributed by atoms with van der Waals surface area (Å²) in [5.74, 6) is 0.221. The molecule has 0 aliphatic carbocycles. The van der Waals surface area contributed by atoms with Gasteiger partial charge in [0.2, 0.25) is 5.95 Å². The minimum absolute atomic E-state index is 0.226. The van der Waals surface area contributed by atoms with Crippen LogP contribution in [0, 0.1) is 9.39 Å². The van der Waals surface area contributed by atoms with E-state index in [1.807, 2.05) is 33.4 Å². The van der Waals surface area contributed by atoms with Crippen molar-refractivity contribution >= 4 is 51.3 Å². The Morgan fingerprint density at radius 3 is 2.94 bits per heavy atom. The molecule has 3 nitrogen and oxygen atoms in total. The van der Waals surface area contributed by atoms with E-state index in [1.54, 1.807) is 17.8 Å². The van der Waals surface area contributed by atoms with Crippen molar-refractivity contribution in [1.29, 1.82) is 0 Å². The minimum atomic E-state index is -0.226. The summed E-state index contributed by atoms with van der Waals surface area (Å²) in [5, 5.41) is 0.414. The number of hydrogen-bond donors (Lipinski definition) is 1. The molecule has 1 atom stereocenters. The number of fused-ring (bicyclic) bond motifs is 1. The van der Waals surface area contributed by atoms with Crippen LogP contribution in [-0.4, -0.2) is 21.1 Å². The lowest BCUT2D eigenvalue weighted by atomic mass is 10.3. The number of anilines is 1. The molecule has 0 fully saturated rings. The SMILES string of the molecule is CSC(C)Cn1c(N)nc2cc(I)c(F)cc21. The smallest absolute Gasteiger partial charge is 0.201 e. The number of halogens is 2. The van der Waals surface area contributed by atoms with Gasteiger partial charge in [0.25, 0.3) is 0 Å². The van der Waals surface area contributed by atoms with Crippen LogP contribution in [0.2, 0.25) is 0 Å². The molecule has 0 amide bonds. The van der Waals surface area contributed by atoms with E-state index in [-0.39, 0.29) is 5.82 Å². The molecule has 92 valence electrons. The molecule has 2 N–H and O–H groups in total. The molecule has 2 aromatic rings. The van der Waals surface area contributed by atoms with Crippen LogP contribution in [0.4, 0.5) is 10.3 Å². The molecule has 0 spiro atoms. The number of rotatable bonds is 3. The highest BCUT2D eigenvalue weighted by atomic mass is 127. The standard InChI is InChI=1S/C11H13FIN3S/c1-6(17-2)5-16-10-3-7(12)8(13)4-9(10)15-11(16)14/h3-4,6H,5H2,1-2H3,(H2,14,15). The third kappa shape index (κ3) is 2.52. The van der Waals surface area contributed by atoms with Gasteiger partial charge in [0.15, 0.2) is 0 Å². The van der Waals surface area contributed by atoms with Gasteiger partial charge in [-0.25, -0.2) is 9.37 Å². The Bertz CT molecular complexity index is 555. The van der Waals surface area contributed by atoms with Crippen molar-refractivity contribution in [2.75, 3.05) is 12.0 Å². The first-order chi connectivity index (χ1) is 8.02. The fourth-order valence-corrected chi connectivity index (χ4v) is 2.41. The van der Waals surface area contributed by atoms with Gasteiger partial charge in [-0.3, -0.25) is 0 Å². The van der Waals surface area contributed by atoms with Crippen molar-refractivity contribution in [3.05, 3.63) is 21.5 Å². The zero-order chi connectivity index (χ0) is 12.6. The first-order valence-corrected chi connectivity index (χ1v) is 7.53. The number of nitrogen functional groups attached to an aromatic ring is 1. The molecule has 0 aliphatic rings. The molecule has 0 radical (unpaired) electrons. The van der Waals surface area contributed by atoms with Crippen LogP contribution in [0.25, 0.3) is 11.0 Å². The number of imidazole rings is 1. The highest BCUT2D eigenvalue weighted by molar-refractivity contribution is 14.1. The fraction of sp³-hybridized carbons (Fsp3) is 0.364. The van der Waals surface area contributed by atoms with Crippen molar-refractivity contribution in [3.63, 3.8) is 0 Å². The van der Waals surface area contributed by atoms with Gasteiger partial charge in [-0.15, -0.1) is 0 Å². The summed E-state index contributed by atoms with van der Waals surface area (Å²) in [6.07, 6.45) is 2.05. The van der Waals surface area contributed by atoms with E-state index in [0.717, 1.165) is 17.6 Å². The van der Waals surface area contributed by atoms with Crippen LogP contribution >= 0.6 is 34.4 Å². The fourth-order valence-electron chi connectivity index (χ4n) is 1.66. The number of nitrogens with two attached hydrogens (primary N) is 1. The summed E-state index contributed by atoms with van der Waals surface area (Å²) in [5.41, 5.74) is 7.39. The summed E-state index contributed by atoms with van der Waals surface area (Å²) in [4.78, 5) is 4.26. The molecule has 0 aliphatic heterocycles. The van der Waals surface area contributed by atoms with Gasteiger partial charge < -0.3 is 10.3 Å². The van der Waals surface area contributed by atoms with Crippen LogP contribution in [0.1, 0.15) is 6.92 Å². The van der Waals surface area contributed by atoms with Crippen molar-refractivity contribution < 1.29 is 4.39 Å². The van der Waals surface area contributed by atoms with Crippen molar-refractivity contribution in [1.82, 2.24) is 9.55 Å². The molecule has 6 heteroatoms. The molecule has 2 rings (SSSR count). The van der Waals surface area contributed by atoms with Crippen LogP contribution < -0.4 is 5.73 Å². The van der Waals surface area contributed by atoms with Crippen molar-refractivity contribution in [2.24, 2.45) is 0 Å². The lowest BCUT2D eigenvalue weighted by molar-refractivity contribution is 0.620. The minimum Gasteiger partial charge on any atom is -0.369 e. The summed E-state index contributed by atoms with van der Waals surface area (Å²) >= 11 is 3.71. The van der Waals surface area contributed by atoms with E-state index in [1.165, 1.54) is 6.07 Å². The zero-order valence-corrected chi connectivity index (χ0v) is 12.5. The molecular formula is C11H13FIN3S. The molecule has 0 saturated carbocycles. The molecule has 1 aromatic carbocycles. The molecule has 1 heterocycles. The number of aromatic nitrogens is 2. The van der Waals surface area contributed by atoms with Crippen molar-refractivity contribution in [2.45, 2.75) is 18.7 Å². The predicted molar refractivity (Wildman–Crippen MR) is 79.8 cm³/mol. The van der Waals surface area contributed by atoms with Gasteiger partial charge in [-0.05, 0) is 34.9 Å². The largest absolute Gasteiger partial charge is 0.369 e. The lowest BCUT2D eigenvalue weighted by Gasteiger charge is -2.11. The Morgan fingerprint density at radius 2 is 2.29 bits per heavy atom. The van der Waals surface area contributed by atoms with Gasteiger partial charge >= 0.3 is 0 Å². The third-order valence-electron chi connectivity index (χ3n) is 2.66. The second kappa shape index (κ2) is 5.01. The van der Waals surface area contributed by atoms with Gasteiger partial charge in [0, 0.05) is 17.9 Å². The normalized spacial score (nSPS) is 13.2. The highest BCUT2D eigenvalue weighted by Crippen LogP contribution is 2.24. The summed E-state index contributed by atoms with van der Waals surface area (Å²) in [6.45, 7) is 2.85. The Kier molecular flexibility index (Phi) is 3.82. The number of benzene rings is 1. The Balaban J connectivity index is 2.54. The van der Waals surface area contributed by atoms with E-state index in [0.29, 0.717) is 14.8 Å². The maximum atomic E-state index is 13.6. The van der Waals surface area contributed by atoms with Gasteiger partial charge in [0.05, 0.1) is 14.6 Å². The van der Waals surface area contributed by atoms with Crippen molar-refractivity contribution in [3.8, 4) is 0 Å². The molecule has 0 saturated heterocycles. The summed E-state index contributed by atoms with van der Waals surface area (Å²) in [7, 11) is 0. The number of thioether (sulfide) groups is 1. The number of hydrogen-bond acceptors (Lipinski definition) is 3. The average molecular weight is 365 g/mol. The Labute approximate surface area is 117 Å². The second-order valence-electron chi connectivity index (χ2n) is 3.88. The predicted octanol–water partition coefficient (Wildman–Crippen LogP) is 3.11. The first-order valence-electron chi connectivity index (χ1n) is 5.16. The van der Waals surface area contributed by atoms with E-state index in [2.05, 4.69) is 11.9 Å². The maximum absolute atomic E-state index is 13.6. The van der Waals surface area contributed by atoms with E-state index < -0.39 is 0 Å². The van der Waals surface area contributed by atoms with Crippen LogP contribution in [0.3, 0.4) is 0 Å². The van der Waals surface area contributed by atoms with Gasteiger partial charge in [-0.2, -0.15) is 11.8 Å². The highest BCUT2D eigenvalue weighted by Gasteiger charge is 2.13. The topological polar surface area (TPSA) is 43.8 Å². The van der Waals surface area contributed by atoms with Crippen LogP contribution in [0.15, 0.2) is 12.1 Å². The Hall–Kier alpha value is -0.500. The monoisotopic (exact) mass is 365 g/mol. The molecule has 17 heavy (non-hydrogen) atoms. The van der Waals surface area contributed by atoms with E-state index >= 15 is 0 Å². The summed E-state index contributed by atoms with van der Waals surface area (Å²) in [6, 6.07) is 3.23. The maximum Gasteiger partial charge on any atom is 0.201 e. The van der Waals surface area contributed by atoms with E-state index in [9.17, 15) is 4.39 Å². The third-order valence-corrected chi connectivity index (χ3v) is 4.44.